The minimum Gasteiger partial charge on any atom is -0.490 e. The van der Waals surface area contributed by atoms with Crippen LogP contribution in [0.15, 0.2) is 36.4 Å². The predicted molar refractivity (Wildman–Crippen MR) is 151 cm³/mol. The van der Waals surface area contributed by atoms with Gasteiger partial charge in [0.05, 0.1) is 12.2 Å². The van der Waals surface area contributed by atoms with Crippen LogP contribution < -0.4 is 4.74 Å². The lowest BCUT2D eigenvalue weighted by Crippen LogP contribution is -2.29. The molecular weight excluding hydrogens is 509 g/mol. The van der Waals surface area contributed by atoms with Gasteiger partial charge in [-0.3, -0.25) is 4.79 Å². The monoisotopic (exact) mass is 545 g/mol. The van der Waals surface area contributed by atoms with E-state index in [1.807, 2.05) is 59.7 Å². The quantitative estimate of drug-likeness (QED) is 0.380. The maximum atomic E-state index is 15.5. The Balaban J connectivity index is 1.75. The SMILES string of the molecule is Cc1c(-c2c(C)c3c(c(C)c2[C@H](OC(C)(C)C)C(=O)O)CN(C(=O)c2ccccc2)C3)cc(F)c2c1CCCO2. The summed E-state index contributed by atoms with van der Waals surface area (Å²) in [6.07, 6.45) is 0.185. The molecule has 0 unspecified atom stereocenters. The van der Waals surface area contributed by atoms with Gasteiger partial charge in [0.25, 0.3) is 5.91 Å². The highest BCUT2D eigenvalue weighted by Crippen LogP contribution is 2.47. The molecule has 2 heterocycles. The number of fused-ring (bicyclic) bond motifs is 2. The van der Waals surface area contributed by atoms with Crippen LogP contribution in [0.25, 0.3) is 11.1 Å². The summed E-state index contributed by atoms with van der Waals surface area (Å²) in [7, 11) is 0. The molecule has 0 fully saturated rings. The van der Waals surface area contributed by atoms with Crippen LogP contribution >= 0.6 is 0 Å². The molecule has 210 valence electrons. The third-order valence-corrected chi connectivity index (χ3v) is 7.99. The van der Waals surface area contributed by atoms with Crippen molar-refractivity contribution in [1.82, 2.24) is 4.90 Å². The zero-order chi connectivity index (χ0) is 28.9. The minimum absolute atomic E-state index is 0.0902. The summed E-state index contributed by atoms with van der Waals surface area (Å²) < 4.78 is 27.3. The molecule has 1 atom stereocenters. The third kappa shape index (κ3) is 4.87. The van der Waals surface area contributed by atoms with Gasteiger partial charge in [-0.1, -0.05) is 18.2 Å². The maximum absolute atomic E-state index is 15.5. The van der Waals surface area contributed by atoms with Crippen molar-refractivity contribution in [3.05, 3.63) is 86.7 Å². The van der Waals surface area contributed by atoms with E-state index in [-0.39, 0.29) is 11.7 Å². The topological polar surface area (TPSA) is 76.1 Å². The Morgan fingerprint density at radius 3 is 2.27 bits per heavy atom. The van der Waals surface area contributed by atoms with E-state index < -0.39 is 23.5 Å². The number of hydrogen-bond donors (Lipinski definition) is 1. The number of benzene rings is 3. The number of carbonyl (C=O) groups is 2. The molecule has 3 aromatic carbocycles. The molecule has 7 heteroatoms. The molecule has 0 radical (unpaired) electrons. The lowest BCUT2D eigenvalue weighted by atomic mass is 9.81. The summed E-state index contributed by atoms with van der Waals surface area (Å²) in [5, 5.41) is 10.4. The fourth-order valence-electron chi connectivity index (χ4n) is 6.11. The summed E-state index contributed by atoms with van der Waals surface area (Å²) in [5.41, 5.74) is 6.81. The molecule has 0 aromatic heterocycles. The fraction of sp³-hybridized carbons (Fsp3) is 0.394. The van der Waals surface area contributed by atoms with Crippen molar-refractivity contribution < 1.29 is 28.6 Å². The number of carboxylic acid groups (broad SMARTS) is 1. The van der Waals surface area contributed by atoms with Gasteiger partial charge < -0.3 is 19.5 Å². The molecule has 2 aliphatic heterocycles. The molecule has 5 rings (SSSR count). The number of carbonyl (C=O) groups excluding carboxylic acids is 1. The first-order valence-corrected chi connectivity index (χ1v) is 13.7. The molecule has 1 N–H and O–H groups in total. The van der Waals surface area contributed by atoms with Crippen molar-refractivity contribution in [1.29, 1.82) is 0 Å². The number of carboxylic acids is 1. The van der Waals surface area contributed by atoms with Crippen LogP contribution in [0.1, 0.15) is 82.6 Å². The summed E-state index contributed by atoms with van der Waals surface area (Å²) >= 11 is 0. The number of ether oxygens (including phenoxy) is 2. The van der Waals surface area contributed by atoms with Gasteiger partial charge in [0.15, 0.2) is 17.7 Å². The molecule has 0 saturated heterocycles. The van der Waals surface area contributed by atoms with E-state index in [0.29, 0.717) is 48.4 Å². The first kappa shape index (κ1) is 27.8. The fourth-order valence-corrected chi connectivity index (χ4v) is 6.11. The summed E-state index contributed by atoms with van der Waals surface area (Å²) in [5.74, 6) is -1.38. The Morgan fingerprint density at radius 1 is 1.00 bits per heavy atom. The standard InChI is InChI=1S/C33H36FNO5/c1-18-22-13-10-14-39-29(22)26(34)15-23(18)27-19(2)24-16-35(31(36)21-11-8-7-9-12-21)17-25(24)20(3)28(27)30(32(37)38)40-33(4,5)6/h7-9,11-12,15,30H,10,13-14,16-17H2,1-6H3,(H,37,38)/t30-/m0/s1. The molecule has 0 bridgehead atoms. The number of rotatable bonds is 5. The van der Waals surface area contributed by atoms with Crippen molar-refractivity contribution in [3.63, 3.8) is 0 Å². The molecular formula is C33H36FNO5. The van der Waals surface area contributed by atoms with Crippen molar-refractivity contribution in [2.75, 3.05) is 6.61 Å². The van der Waals surface area contributed by atoms with E-state index in [1.54, 1.807) is 17.0 Å². The van der Waals surface area contributed by atoms with Crippen molar-refractivity contribution in [2.24, 2.45) is 0 Å². The number of halogens is 1. The summed E-state index contributed by atoms with van der Waals surface area (Å²) in [6, 6.07) is 10.6. The lowest BCUT2D eigenvalue weighted by molar-refractivity contribution is -0.160. The second kappa shape index (κ2) is 10.4. The highest BCUT2D eigenvalue weighted by Gasteiger charge is 2.37. The lowest BCUT2D eigenvalue weighted by Gasteiger charge is -2.31. The minimum atomic E-state index is -1.28. The second-order valence-corrected chi connectivity index (χ2v) is 11.8. The molecule has 0 saturated carbocycles. The zero-order valence-electron chi connectivity index (χ0n) is 24.0. The molecule has 3 aromatic rings. The van der Waals surface area contributed by atoms with E-state index in [4.69, 9.17) is 9.47 Å². The van der Waals surface area contributed by atoms with Crippen LogP contribution in [0.4, 0.5) is 4.39 Å². The average Bonchev–Trinajstić information content (AvgIpc) is 3.37. The van der Waals surface area contributed by atoms with Crippen LogP contribution in [0, 0.1) is 26.6 Å². The molecule has 6 nitrogen and oxygen atoms in total. The van der Waals surface area contributed by atoms with Gasteiger partial charge in [0.1, 0.15) is 0 Å². The van der Waals surface area contributed by atoms with Gasteiger partial charge in [-0.15, -0.1) is 0 Å². The summed E-state index contributed by atoms with van der Waals surface area (Å²) in [4.78, 5) is 28.0. The first-order valence-electron chi connectivity index (χ1n) is 13.7. The largest absolute Gasteiger partial charge is 0.490 e. The van der Waals surface area contributed by atoms with Gasteiger partial charge in [-0.2, -0.15) is 0 Å². The van der Waals surface area contributed by atoms with Crippen LogP contribution in [-0.4, -0.2) is 34.1 Å². The Hall–Kier alpha value is -3.71. The Bertz CT molecular complexity index is 1510. The van der Waals surface area contributed by atoms with Crippen LogP contribution in [0.5, 0.6) is 5.75 Å². The maximum Gasteiger partial charge on any atom is 0.337 e. The van der Waals surface area contributed by atoms with E-state index in [0.717, 1.165) is 39.8 Å². The van der Waals surface area contributed by atoms with Gasteiger partial charge in [0.2, 0.25) is 0 Å². The highest BCUT2D eigenvalue weighted by molar-refractivity contribution is 5.95. The average molecular weight is 546 g/mol. The number of aliphatic carboxylic acids is 1. The van der Waals surface area contributed by atoms with Gasteiger partial charge in [0, 0.05) is 29.8 Å². The first-order chi connectivity index (χ1) is 18.9. The Morgan fingerprint density at radius 2 is 1.65 bits per heavy atom. The molecule has 1 amide bonds. The van der Waals surface area contributed by atoms with Gasteiger partial charge >= 0.3 is 5.97 Å². The predicted octanol–water partition coefficient (Wildman–Crippen LogP) is 6.84. The number of amides is 1. The van der Waals surface area contributed by atoms with E-state index in [9.17, 15) is 14.7 Å². The van der Waals surface area contributed by atoms with Crippen molar-refractivity contribution >= 4 is 11.9 Å². The smallest absolute Gasteiger partial charge is 0.337 e. The van der Waals surface area contributed by atoms with Gasteiger partial charge in [-0.25, -0.2) is 9.18 Å². The van der Waals surface area contributed by atoms with E-state index in [2.05, 4.69) is 0 Å². The van der Waals surface area contributed by atoms with Gasteiger partial charge in [-0.05, 0) is 112 Å². The Labute approximate surface area is 234 Å². The molecule has 2 aliphatic rings. The molecule has 0 spiro atoms. The van der Waals surface area contributed by atoms with E-state index >= 15 is 4.39 Å². The third-order valence-electron chi connectivity index (χ3n) is 7.99. The number of nitrogens with zero attached hydrogens (tertiary/aromatic N) is 1. The zero-order valence-corrected chi connectivity index (χ0v) is 24.0. The second-order valence-electron chi connectivity index (χ2n) is 11.8. The van der Waals surface area contributed by atoms with Crippen molar-refractivity contribution in [2.45, 2.75) is 79.2 Å². The number of hydrogen-bond acceptors (Lipinski definition) is 4. The van der Waals surface area contributed by atoms with E-state index in [1.165, 1.54) is 6.07 Å². The van der Waals surface area contributed by atoms with Crippen LogP contribution in [0.2, 0.25) is 0 Å². The highest BCUT2D eigenvalue weighted by atomic mass is 19.1. The normalized spacial score (nSPS) is 15.3. The summed E-state index contributed by atoms with van der Waals surface area (Å²) in [6.45, 7) is 12.4. The molecule has 0 aliphatic carbocycles. The van der Waals surface area contributed by atoms with Crippen molar-refractivity contribution in [3.8, 4) is 16.9 Å². The Kier molecular flexibility index (Phi) is 7.21. The molecule has 40 heavy (non-hydrogen) atoms. The van der Waals surface area contributed by atoms with Crippen LogP contribution in [0.3, 0.4) is 0 Å². The van der Waals surface area contributed by atoms with Crippen LogP contribution in [-0.2, 0) is 29.0 Å².